The lowest BCUT2D eigenvalue weighted by Crippen LogP contribution is -2.15. The molecule has 0 heterocycles. The van der Waals surface area contributed by atoms with Crippen LogP contribution in [0.3, 0.4) is 0 Å². The van der Waals surface area contributed by atoms with E-state index in [-0.39, 0.29) is 0 Å². The first-order valence-corrected chi connectivity index (χ1v) is 7.66. The molecule has 68 valence electrons. The molecule has 0 saturated carbocycles. The summed E-state index contributed by atoms with van der Waals surface area (Å²) in [5, 5.41) is 0. The summed E-state index contributed by atoms with van der Waals surface area (Å²) in [6, 6.07) is 0. The molecule has 0 spiro atoms. The summed E-state index contributed by atoms with van der Waals surface area (Å²) >= 11 is 3.53. The average molecular weight is 240 g/mol. The van der Waals surface area contributed by atoms with Crippen molar-refractivity contribution in [1.82, 2.24) is 4.67 Å². The summed E-state index contributed by atoms with van der Waals surface area (Å²) in [6.45, 7) is 7.02. The molecular formula is C8H19BrNP. The van der Waals surface area contributed by atoms with E-state index in [1.807, 2.05) is 0 Å². The van der Waals surface area contributed by atoms with E-state index in [0.29, 0.717) is 0 Å². The van der Waals surface area contributed by atoms with Crippen LogP contribution in [0, 0.1) is 0 Å². The van der Waals surface area contributed by atoms with E-state index in [4.69, 9.17) is 0 Å². The van der Waals surface area contributed by atoms with Crippen LogP contribution in [0.1, 0.15) is 39.5 Å². The quantitative estimate of drug-likeness (QED) is 0.612. The molecule has 1 atom stereocenters. The van der Waals surface area contributed by atoms with Gasteiger partial charge in [0.2, 0.25) is 0 Å². The molecule has 1 nitrogen and oxygen atoms in total. The van der Waals surface area contributed by atoms with Gasteiger partial charge >= 0.3 is 0 Å². The molecule has 0 rings (SSSR count). The van der Waals surface area contributed by atoms with Gasteiger partial charge in [-0.1, -0.05) is 26.7 Å². The van der Waals surface area contributed by atoms with Crippen molar-refractivity contribution < 1.29 is 0 Å². The van der Waals surface area contributed by atoms with E-state index in [0.717, 1.165) is 7.43 Å². The van der Waals surface area contributed by atoms with Gasteiger partial charge in [-0.15, -0.1) is 0 Å². The Balaban J connectivity index is 3.25. The van der Waals surface area contributed by atoms with Crippen LogP contribution in [-0.4, -0.2) is 17.8 Å². The van der Waals surface area contributed by atoms with Gasteiger partial charge in [-0.05, 0) is 28.3 Å². The standard InChI is InChI=1S/C8H19BrNP/c1-3-5-7-10(11-9)8-6-4-2/h11H,3-8H2,1-2H3. The van der Waals surface area contributed by atoms with Crippen LogP contribution < -0.4 is 0 Å². The van der Waals surface area contributed by atoms with Crippen molar-refractivity contribution in [2.24, 2.45) is 0 Å². The molecular weight excluding hydrogens is 221 g/mol. The largest absolute Gasteiger partial charge is 0.276 e. The summed E-state index contributed by atoms with van der Waals surface area (Å²) in [5.74, 6) is 0. The van der Waals surface area contributed by atoms with E-state index >= 15 is 0 Å². The summed E-state index contributed by atoms with van der Waals surface area (Å²) < 4.78 is 2.49. The lowest BCUT2D eigenvalue weighted by Gasteiger charge is -2.17. The van der Waals surface area contributed by atoms with E-state index in [1.165, 1.54) is 38.8 Å². The minimum atomic E-state index is 0.814. The summed E-state index contributed by atoms with van der Waals surface area (Å²) in [7, 11) is 0.814. The average Bonchev–Trinajstić information content (AvgIpc) is 2.05. The Labute approximate surface area is 80.5 Å². The van der Waals surface area contributed by atoms with Crippen LogP contribution in [0.2, 0.25) is 0 Å². The molecule has 0 aliphatic heterocycles. The number of halogens is 1. The Hall–Kier alpha value is 0.870. The van der Waals surface area contributed by atoms with Crippen molar-refractivity contribution in [3.63, 3.8) is 0 Å². The molecule has 0 fully saturated rings. The Morgan fingerprint density at radius 3 is 1.82 bits per heavy atom. The van der Waals surface area contributed by atoms with Gasteiger partial charge in [0.15, 0.2) is 0 Å². The van der Waals surface area contributed by atoms with Gasteiger partial charge in [0, 0.05) is 20.5 Å². The zero-order valence-electron chi connectivity index (χ0n) is 7.57. The van der Waals surface area contributed by atoms with Crippen LogP contribution in [0.4, 0.5) is 0 Å². The normalized spacial score (nSPS) is 12.0. The molecule has 0 aromatic carbocycles. The first-order chi connectivity index (χ1) is 5.35. The molecule has 1 unspecified atom stereocenters. The van der Waals surface area contributed by atoms with Crippen molar-refractivity contribution in [1.29, 1.82) is 0 Å². The van der Waals surface area contributed by atoms with Crippen LogP contribution in [0.15, 0.2) is 0 Å². The van der Waals surface area contributed by atoms with Crippen molar-refractivity contribution in [2.75, 3.05) is 13.1 Å². The van der Waals surface area contributed by atoms with Gasteiger partial charge in [0.25, 0.3) is 0 Å². The second-order valence-electron chi connectivity index (χ2n) is 2.78. The number of rotatable bonds is 7. The Morgan fingerprint density at radius 2 is 1.55 bits per heavy atom. The molecule has 0 amide bonds. The molecule has 0 aromatic rings. The summed E-state index contributed by atoms with van der Waals surface area (Å²) in [4.78, 5) is 0. The third-order valence-corrected chi connectivity index (χ3v) is 3.87. The number of hydrogen-bond acceptors (Lipinski definition) is 1. The topological polar surface area (TPSA) is 3.24 Å². The van der Waals surface area contributed by atoms with Gasteiger partial charge in [0.1, 0.15) is 0 Å². The maximum Gasteiger partial charge on any atom is 0.0213 e. The Bertz CT molecular complexity index is 72.5. The zero-order valence-corrected chi connectivity index (χ0v) is 10.2. The van der Waals surface area contributed by atoms with E-state index in [1.54, 1.807) is 0 Å². The fourth-order valence-electron chi connectivity index (χ4n) is 0.894. The Morgan fingerprint density at radius 1 is 1.09 bits per heavy atom. The molecule has 0 radical (unpaired) electrons. The molecule has 0 saturated heterocycles. The molecule has 0 bridgehead atoms. The highest BCUT2D eigenvalue weighted by Crippen LogP contribution is 2.26. The first-order valence-electron chi connectivity index (χ1n) is 4.46. The number of nitrogens with zero attached hydrogens (tertiary/aromatic N) is 1. The smallest absolute Gasteiger partial charge is 0.0213 e. The van der Waals surface area contributed by atoms with Crippen LogP contribution in [-0.2, 0) is 0 Å². The molecule has 0 aliphatic carbocycles. The van der Waals surface area contributed by atoms with Crippen molar-refractivity contribution >= 4 is 22.9 Å². The molecule has 0 N–H and O–H groups in total. The highest BCUT2D eigenvalue weighted by molar-refractivity contribution is 9.36. The third kappa shape index (κ3) is 7.24. The SMILES string of the molecule is CCCCN(CCCC)PBr. The lowest BCUT2D eigenvalue weighted by molar-refractivity contribution is 0.442. The van der Waals surface area contributed by atoms with Gasteiger partial charge in [-0.3, -0.25) is 4.67 Å². The highest BCUT2D eigenvalue weighted by Gasteiger charge is 1.99. The van der Waals surface area contributed by atoms with Gasteiger partial charge in [0.05, 0.1) is 0 Å². The van der Waals surface area contributed by atoms with E-state index in [2.05, 4.69) is 34.0 Å². The predicted molar refractivity (Wildman–Crippen MR) is 58.6 cm³/mol. The first kappa shape index (κ1) is 11.9. The monoisotopic (exact) mass is 239 g/mol. The van der Waals surface area contributed by atoms with Crippen LogP contribution in [0.5, 0.6) is 0 Å². The molecule has 11 heavy (non-hydrogen) atoms. The fourth-order valence-corrected chi connectivity index (χ4v) is 2.44. The lowest BCUT2D eigenvalue weighted by atomic mass is 10.3. The number of hydrogen-bond donors (Lipinski definition) is 0. The summed E-state index contributed by atoms with van der Waals surface area (Å²) in [6.07, 6.45) is 5.28. The third-order valence-electron chi connectivity index (χ3n) is 1.68. The van der Waals surface area contributed by atoms with Crippen molar-refractivity contribution in [3.05, 3.63) is 0 Å². The van der Waals surface area contributed by atoms with Crippen molar-refractivity contribution in [3.8, 4) is 0 Å². The van der Waals surface area contributed by atoms with Crippen molar-refractivity contribution in [2.45, 2.75) is 39.5 Å². The van der Waals surface area contributed by atoms with Gasteiger partial charge in [-0.25, -0.2) is 0 Å². The molecule has 3 heteroatoms. The van der Waals surface area contributed by atoms with Crippen LogP contribution >= 0.6 is 22.9 Å². The molecule has 0 aliphatic rings. The van der Waals surface area contributed by atoms with Crippen LogP contribution in [0.25, 0.3) is 0 Å². The number of unbranched alkanes of at least 4 members (excludes halogenated alkanes) is 2. The maximum absolute atomic E-state index is 3.53. The second kappa shape index (κ2) is 8.96. The maximum atomic E-state index is 3.53. The minimum absolute atomic E-state index is 0.814. The van der Waals surface area contributed by atoms with E-state index in [9.17, 15) is 0 Å². The molecule has 0 aromatic heterocycles. The van der Waals surface area contributed by atoms with Gasteiger partial charge < -0.3 is 0 Å². The Kier molecular flexibility index (Phi) is 9.67. The predicted octanol–water partition coefficient (Wildman–Crippen LogP) is 3.79. The highest BCUT2D eigenvalue weighted by atomic mass is 79.9. The zero-order chi connectivity index (χ0) is 8.53. The van der Waals surface area contributed by atoms with E-state index < -0.39 is 0 Å². The summed E-state index contributed by atoms with van der Waals surface area (Å²) in [5.41, 5.74) is 0. The fraction of sp³-hybridized carbons (Fsp3) is 1.00. The minimum Gasteiger partial charge on any atom is -0.276 e. The van der Waals surface area contributed by atoms with Gasteiger partial charge in [-0.2, -0.15) is 0 Å². The second-order valence-corrected chi connectivity index (χ2v) is 4.64.